The Morgan fingerprint density at radius 2 is 1.70 bits per heavy atom. The van der Waals surface area contributed by atoms with E-state index in [1.54, 1.807) is 19.9 Å². The quantitative estimate of drug-likeness (QED) is 0.745. The molecule has 0 bridgehead atoms. The molecule has 0 aromatic heterocycles. The molecule has 0 N–H and O–H groups in total. The number of anilines is 1. The summed E-state index contributed by atoms with van der Waals surface area (Å²) < 4.78 is 41.0. The number of carbonyl (C=O) groups is 1. The number of benzene rings is 1. The molecule has 1 aromatic rings. The third kappa shape index (κ3) is 2.86. The summed E-state index contributed by atoms with van der Waals surface area (Å²) in [6, 6.07) is 2.97. The van der Waals surface area contributed by atoms with Gasteiger partial charge in [-0.2, -0.15) is 13.2 Å². The molecule has 1 amide bonds. The van der Waals surface area contributed by atoms with Gasteiger partial charge in [-0.1, -0.05) is 27.7 Å². The van der Waals surface area contributed by atoms with Gasteiger partial charge in [-0.15, -0.1) is 0 Å². The molecule has 2 rings (SSSR count). The third-order valence-electron chi connectivity index (χ3n) is 4.43. The normalized spacial score (nSPS) is 17.6. The molecule has 2 nitrogen and oxygen atoms in total. The van der Waals surface area contributed by atoms with Gasteiger partial charge in [-0.3, -0.25) is 4.79 Å². The first kappa shape index (κ1) is 17.8. The minimum absolute atomic E-state index is 0.108. The van der Waals surface area contributed by atoms with E-state index >= 15 is 0 Å². The maximum atomic E-state index is 13.7. The van der Waals surface area contributed by atoms with Gasteiger partial charge in [-0.05, 0) is 43.4 Å². The highest BCUT2D eigenvalue weighted by Crippen LogP contribution is 2.49. The highest BCUT2D eigenvalue weighted by atomic mass is 19.4. The Kier molecular flexibility index (Phi) is 4.07. The predicted molar refractivity (Wildman–Crippen MR) is 85.8 cm³/mol. The minimum Gasteiger partial charge on any atom is -0.311 e. The standard InChI is InChI=1S/C18H24F3NO/c1-7-8-22-13-10-11(16(2,3)4)9-12(18(19,20)21)14(13)17(5,6)15(22)23/h9-10H,7-8H2,1-6H3. The molecule has 0 radical (unpaired) electrons. The molecule has 0 saturated heterocycles. The maximum absolute atomic E-state index is 13.7. The van der Waals surface area contributed by atoms with Gasteiger partial charge in [0.25, 0.3) is 0 Å². The van der Waals surface area contributed by atoms with E-state index in [1.165, 1.54) is 11.0 Å². The largest absolute Gasteiger partial charge is 0.416 e. The van der Waals surface area contributed by atoms with Crippen molar-refractivity contribution < 1.29 is 18.0 Å². The van der Waals surface area contributed by atoms with Gasteiger partial charge < -0.3 is 4.90 Å². The molecule has 1 aromatic carbocycles. The number of hydrogen-bond donors (Lipinski definition) is 0. The Hall–Kier alpha value is -1.52. The maximum Gasteiger partial charge on any atom is 0.416 e. The van der Waals surface area contributed by atoms with E-state index in [1.807, 2.05) is 27.7 Å². The second-order valence-corrected chi connectivity index (χ2v) is 7.75. The first-order valence-corrected chi connectivity index (χ1v) is 7.90. The van der Waals surface area contributed by atoms with Crippen LogP contribution in [0.1, 0.15) is 64.7 Å². The zero-order valence-electron chi connectivity index (χ0n) is 14.6. The first-order chi connectivity index (χ1) is 10.3. The molecule has 128 valence electrons. The lowest BCUT2D eigenvalue weighted by atomic mass is 9.79. The summed E-state index contributed by atoms with van der Waals surface area (Å²) in [6.45, 7) is 11.1. The summed E-state index contributed by atoms with van der Waals surface area (Å²) in [4.78, 5) is 14.2. The van der Waals surface area contributed by atoms with Crippen LogP contribution in [-0.2, 0) is 21.8 Å². The highest BCUT2D eigenvalue weighted by molar-refractivity contribution is 6.08. The van der Waals surface area contributed by atoms with Crippen molar-refractivity contribution in [1.82, 2.24) is 0 Å². The Morgan fingerprint density at radius 1 is 1.13 bits per heavy atom. The van der Waals surface area contributed by atoms with Crippen LogP contribution in [0.2, 0.25) is 0 Å². The lowest BCUT2D eigenvalue weighted by Gasteiger charge is -2.25. The van der Waals surface area contributed by atoms with Crippen LogP contribution in [0.25, 0.3) is 0 Å². The highest BCUT2D eigenvalue weighted by Gasteiger charge is 2.50. The molecule has 5 heteroatoms. The number of fused-ring (bicyclic) bond motifs is 1. The number of nitrogens with zero attached hydrogens (tertiary/aromatic N) is 1. The van der Waals surface area contributed by atoms with Crippen molar-refractivity contribution in [3.63, 3.8) is 0 Å². The van der Waals surface area contributed by atoms with E-state index in [-0.39, 0.29) is 11.5 Å². The van der Waals surface area contributed by atoms with Gasteiger partial charge in [0.05, 0.1) is 11.0 Å². The summed E-state index contributed by atoms with van der Waals surface area (Å²) >= 11 is 0. The summed E-state index contributed by atoms with van der Waals surface area (Å²) in [5.74, 6) is -0.258. The van der Waals surface area contributed by atoms with Gasteiger partial charge in [0.15, 0.2) is 0 Å². The van der Waals surface area contributed by atoms with Crippen molar-refractivity contribution in [2.45, 2.75) is 65.0 Å². The molecule has 0 saturated carbocycles. The average Bonchev–Trinajstić information content (AvgIpc) is 2.57. The van der Waals surface area contributed by atoms with Crippen molar-refractivity contribution in [2.75, 3.05) is 11.4 Å². The Labute approximate surface area is 135 Å². The van der Waals surface area contributed by atoms with Gasteiger partial charge in [0, 0.05) is 17.8 Å². The fraction of sp³-hybridized carbons (Fsp3) is 0.611. The van der Waals surface area contributed by atoms with Gasteiger partial charge in [-0.25, -0.2) is 0 Å². The minimum atomic E-state index is -4.48. The van der Waals surface area contributed by atoms with Crippen LogP contribution in [0.4, 0.5) is 18.9 Å². The molecular formula is C18H24F3NO. The smallest absolute Gasteiger partial charge is 0.311 e. The number of halogens is 3. The van der Waals surface area contributed by atoms with E-state index in [0.717, 1.165) is 0 Å². The molecular weight excluding hydrogens is 303 g/mol. The first-order valence-electron chi connectivity index (χ1n) is 7.90. The molecule has 0 fully saturated rings. The van der Waals surface area contributed by atoms with Gasteiger partial charge in [0.2, 0.25) is 5.91 Å². The van der Waals surface area contributed by atoms with Crippen LogP contribution in [0, 0.1) is 0 Å². The topological polar surface area (TPSA) is 20.3 Å². The second kappa shape index (κ2) is 5.25. The Bertz CT molecular complexity index is 639. The van der Waals surface area contributed by atoms with E-state index in [4.69, 9.17) is 0 Å². The number of amides is 1. The number of alkyl halides is 3. The summed E-state index contributed by atoms with van der Waals surface area (Å²) in [6.07, 6.45) is -3.78. The molecule has 0 spiro atoms. The van der Waals surface area contributed by atoms with Gasteiger partial charge >= 0.3 is 6.18 Å². The lowest BCUT2D eigenvalue weighted by Crippen LogP contribution is -2.37. The van der Waals surface area contributed by atoms with Crippen LogP contribution < -0.4 is 4.90 Å². The fourth-order valence-corrected chi connectivity index (χ4v) is 3.15. The fourth-order valence-electron chi connectivity index (χ4n) is 3.15. The molecule has 0 aliphatic carbocycles. The zero-order valence-corrected chi connectivity index (χ0v) is 14.6. The molecule has 1 heterocycles. The molecule has 0 atom stereocenters. The van der Waals surface area contributed by atoms with Crippen LogP contribution in [0.5, 0.6) is 0 Å². The number of rotatable bonds is 2. The average molecular weight is 327 g/mol. The zero-order chi connectivity index (χ0) is 17.8. The van der Waals surface area contributed by atoms with Crippen LogP contribution in [-0.4, -0.2) is 12.5 Å². The summed E-state index contributed by atoms with van der Waals surface area (Å²) in [7, 11) is 0. The van der Waals surface area contributed by atoms with Crippen molar-refractivity contribution >= 4 is 11.6 Å². The van der Waals surface area contributed by atoms with E-state index in [2.05, 4.69) is 0 Å². The van der Waals surface area contributed by atoms with Gasteiger partial charge in [0.1, 0.15) is 0 Å². The number of carbonyl (C=O) groups excluding carboxylic acids is 1. The molecule has 23 heavy (non-hydrogen) atoms. The Morgan fingerprint density at radius 3 is 2.13 bits per heavy atom. The van der Waals surface area contributed by atoms with E-state index in [9.17, 15) is 18.0 Å². The lowest BCUT2D eigenvalue weighted by molar-refractivity contribution is -0.138. The third-order valence-corrected chi connectivity index (χ3v) is 4.43. The molecule has 0 unspecified atom stereocenters. The molecule has 1 aliphatic heterocycles. The molecule has 1 aliphatic rings. The number of hydrogen-bond acceptors (Lipinski definition) is 1. The van der Waals surface area contributed by atoms with Crippen molar-refractivity contribution in [2.24, 2.45) is 0 Å². The van der Waals surface area contributed by atoms with E-state index < -0.39 is 22.6 Å². The Balaban J connectivity index is 2.84. The second-order valence-electron chi connectivity index (χ2n) is 7.75. The van der Waals surface area contributed by atoms with Crippen molar-refractivity contribution in [3.8, 4) is 0 Å². The monoisotopic (exact) mass is 327 g/mol. The SMILES string of the molecule is CCCN1C(=O)C(C)(C)c2c1cc(C(C)(C)C)cc2C(F)(F)F. The summed E-state index contributed by atoms with van der Waals surface area (Å²) in [5, 5.41) is 0. The van der Waals surface area contributed by atoms with Crippen molar-refractivity contribution in [1.29, 1.82) is 0 Å². The van der Waals surface area contributed by atoms with E-state index in [0.29, 0.717) is 24.2 Å². The van der Waals surface area contributed by atoms with Crippen molar-refractivity contribution in [3.05, 3.63) is 28.8 Å². The van der Waals surface area contributed by atoms with Crippen LogP contribution in [0.3, 0.4) is 0 Å². The predicted octanol–water partition coefficient (Wildman–Crippen LogP) is 5.04. The van der Waals surface area contributed by atoms with Crippen LogP contribution >= 0.6 is 0 Å². The summed E-state index contributed by atoms with van der Waals surface area (Å²) in [5.41, 5.74) is -1.15. The van der Waals surface area contributed by atoms with Crippen LogP contribution in [0.15, 0.2) is 12.1 Å².